The summed E-state index contributed by atoms with van der Waals surface area (Å²) in [6.45, 7) is 4.23. The van der Waals surface area contributed by atoms with E-state index in [1.165, 1.54) is 11.8 Å². The largest absolute Gasteiger partial charge is 0.463 e. The van der Waals surface area contributed by atoms with Crippen molar-refractivity contribution in [2.24, 2.45) is 4.99 Å². The van der Waals surface area contributed by atoms with Crippen LogP contribution in [0.2, 0.25) is 0 Å². The predicted octanol–water partition coefficient (Wildman–Crippen LogP) is 5.72. The molecule has 1 N–H and O–H groups in total. The van der Waals surface area contributed by atoms with Gasteiger partial charge in [-0.1, -0.05) is 42.1 Å². The van der Waals surface area contributed by atoms with Gasteiger partial charge in [0.25, 0.3) is 0 Å². The van der Waals surface area contributed by atoms with Crippen LogP contribution < -0.4 is 10.1 Å². The molecule has 39 heavy (non-hydrogen) atoms. The molecule has 3 heterocycles. The summed E-state index contributed by atoms with van der Waals surface area (Å²) in [5.74, 6) is 0.775. The molecule has 0 saturated heterocycles. The van der Waals surface area contributed by atoms with Crippen molar-refractivity contribution in [1.82, 2.24) is 15.2 Å². The Hall–Kier alpha value is -4.37. The number of aromatic nitrogens is 1. The molecule has 5 rings (SSSR count). The minimum absolute atomic E-state index is 0.128. The lowest BCUT2D eigenvalue weighted by molar-refractivity contribution is -0.139. The van der Waals surface area contributed by atoms with Crippen molar-refractivity contribution in [2.45, 2.75) is 32.9 Å². The van der Waals surface area contributed by atoms with Crippen molar-refractivity contribution in [2.75, 3.05) is 6.61 Å². The molecule has 0 spiro atoms. The van der Waals surface area contributed by atoms with Crippen molar-refractivity contribution in [3.05, 3.63) is 113 Å². The molecule has 0 fully saturated rings. The second-order valence-electron chi connectivity index (χ2n) is 8.91. The fourth-order valence-corrected chi connectivity index (χ4v) is 5.42. The van der Waals surface area contributed by atoms with Crippen LogP contribution in [0.5, 0.6) is 11.5 Å². The molecule has 1 unspecified atom stereocenters. The van der Waals surface area contributed by atoms with Gasteiger partial charge in [-0.25, -0.2) is 9.79 Å². The van der Waals surface area contributed by atoms with E-state index in [1.807, 2.05) is 84.0 Å². The summed E-state index contributed by atoms with van der Waals surface area (Å²) in [6.07, 6.45) is 3.52. The highest BCUT2D eigenvalue weighted by Gasteiger charge is 2.41. The van der Waals surface area contributed by atoms with E-state index in [0.29, 0.717) is 34.5 Å². The maximum Gasteiger partial charge on any atom is 0.338 e. The Morgan fingerprint density at radius 3 is 2.56 bits per heavy atom. The second-order valence-corrected chi connectivity index (χ2v) is 9.75. The van der Waals surface area contributed by atoms with Crippen molar-refractivity contribution in [3.8, 4) is 11.5 Å². The van der Waals surface area contributed by atoms with E-state index < -0.39 is 12.0 Å². The number of pyridine rings is 1. The number of carbonyl (C=O) groups excluding carboxylic acids is 2. The molecule has 0 saturated carbocycles. The number of esters is 1. The molecule has 0 bridgehead atoms. The number of thioether (sulfide) groups is 1. The van der Waals surface area contributed by atoms with Gasteiger partial charge in [0.15, 0.2) is 5.17 Å². The number of amides is 1. The molecule has 1 amide bonds. The number of fused-ring (bicyclic) bond motifs is 1. The maximum atomic E-state index is 13.2. The van der Waals surface area contributed by atoms with Crippen LogP contribution in [0, 0.1) is 0 Å². The van der Waals surface area contributed by atoms with Crippen LogP contribution in [0.1, 0.15) is 37.4 Å². The highest BCUT2D eigenvalue weighted by Crippen LogP contribution is 2.45. The predicted molar refractivity (Wildman–Crippen MR) is 151 cm³/mol. The molecule has 2 aliphatic rings. The van der Waals surface area contributed by atoms with Gasteiger partial charge in [0.05, 0.1) is 30.3 Å². The highest BCUT2D eigenvalue weighted by molar-refractivity contribution is 8.16. The molecule has 1 aromatic heterocycles. The third-order valence-electron chi connectivity index (χ3n) is 6.23. The van der Waals surface area contributed by atoms with Gasteiger partial charge in [0.1, 0.15) is 11.5 Å². The topological polar surface area (TPSA) is 93.1 Å². The number of allylic oxidation sites excluding steroid dienone is 1. The van der Waals surface area contributed by atoms with E-state index in [2.05, 4.69) is 10.3 Å². The number of hydrogen-bond donors (Lipinski definition) is 1. The summed E-state index contributed by atoms with van der Waals surface area (Å²) < 4.78 is 11.5. The number of carbonyl (C=O) groups is 2. The van der Waals surface area contributed by atoms with E-state index in [4.69, 9.17) is 14.5 Å². The highest BCUT2D eigenvalue weighted by atomic mass is 32.2. The Balaban J connectivity index is 1.44. The lowest BCUT2D eigenvalue weighted by atomic mass is 9.93. The van der Waals surface area contributed by atoms with Crippen LogP contribution in [0.3, 0.4) is 0 Å². The van der Waals surface area contributed by atoms with Crippen LogP contribution >= 0.6 is 11.8 Å². The first kappa shape index (κ1) is 26.2. The number of ether oxygens (including phenoxy) is 2. The first-order valence-electron chi connectivity index (χ1n) is 12.6. The molecule has 3 aromatic rings. The fourth-order valence-electron chi connectivity index (χ4n) is 4.46. The van der Waals surface area contributed by atoms with Gasteiger partial charge >= 0.3 is 5.97 Å². The standard InChI is InChI=1S/C30H28N4O4S/c1-3-37-29(36)27-20(2)33-30-34(23(19-39-30)17-26(35)32-18-21-12-14-31-15-13-21)28(27)22-8-7-11-25(16-22)38-24-9-5-4-6-10-24/h4-16,19,28H,3,17-18H2,1-2H3,(H,32,35). The van der Waals surface area contributed by atoms with Gasteiger partial charge in [0.2, 0.25) is 5.91 Å². The Labute approximate surface area is 231 Å². The fraction of sp³-hybridized carbons (Fsp3) is 0.200. The zero-order chi connectivity index (χ0) is 27.2. The number of rotatable bonds is 9. The summed E-state index contributed by atoms with van der Waals surface area (Å²) >= 11 is 1.44. The summed E-state index contributed by atoms with van der Waals surface area (Å²) in [4.78, 5) is 36.9. The van der Waals surface area contributed by atoms with Gasteiger partial charge in [-0.2, -0.15) is 0 Å². The van der Waals surface area contributed by atoms with Gasteiger partial charge in [0, 0.05) is 24.6 Å². The number of benzene rings is 2. The van der Waals surface area contributed by atoms with E-state index in [9.17, 15) is 9.59 Å². The van der Waals surface area contributed by atoms with Crippen molar-refractivity contribution in [3.63, 3.8) is 0 Å². The lowest BCUT2D eigenvalue weighted by Crippen LogP contribution is -2.38. The van der Waals surface area contributed by atoms with Crippen molar-refractivity contribution in [1.29, 1.82) is 0 Å². The smallest absolute Gasteiger partial charge is 0.338 e. The molecule has 2 aliphatic heterocycles. The number of aliphatic imine (C=N–C) groups is 1. The first-order chi connectivity index (χ1) is 19.0. The third-order valence-corrected chi connectivity index (χ3v) is 7.12. The molecule has 0 radical (unpaired) electrons. The molecule has 9 heteroatoms. The first-order valence-corrected chi connectivity index (χ1v) is 13.5. The van der Waals surface area contributed by atoms with Gasteiger partial charge < -0.3 is 19.7 Å². The average molecular weight is 541 g/mol. The SMILES string of the molecule is CCOC(=O)C1=C(C)N=C2SC=C(CC(=O)NCc3ccncc3)N2C1c1cccc(Oc2ccccc2)c1. The number of hydrogen-bond acceptors (Lipinski definition) is 8. The zero-order valence-corrected chi connectivity index (χ0v) is 22.5. The van der Waals surface area contributed by atoms with Gasteiger partial charge in [-0.15, -0.1) is 0 Å². The minimum atomic E-state index is -0.537. The average Bonchev–Trinajstić information content (AvgIpc) is 3.34. The molecule has 198 valence electrons. The zero-order valence-electron chi connectivity index (χ0n) is 21.7. The van der Waals surface area contributed by atoms with Gasteiger partial charge in [-0.3, -0.25) is 9.78 Å². The Bertz CT molecular complexity index is 1450. The lowest BCUT2D eigenvalue weighted by Gasteiger charge is -2.36. The van der Waals surface area contributed by atoms with E-state index in [-0.39, 0.29) is 18.9 Å². The van der Waals surface area contributed by atoms with Crippen LogP contribution in [-0.4, -0.2) is 33.5 Å². The van der Waals surface area contributed by atoms with Crippen LogP contribution in [-0.2, 0) is 20.9 Å². The summed E-state index contributed by atoms with van der Waals surface area (Å²) in [5, 5.41) is 5.59. The van der Waals surface area contributed by atoms with Crippen molar-refractivity contribution < 1.29 is 19.1 Å². The molecule has 2 aromatic carbocycles. The third kappa shape index (κ3) is 6.04. The Morgan fingerprint density at radius 1 is 1.03 bits per heavy atom. The Morgan fingerprint density at radius 2 is 1.79 bits per heavy atom. The number of nitrogens with one attached hydrogen (secondary N) is 1. The van der Waals surface area contributed by atoms with Crippen LogP contribution in [0.25, 0.3) is 0 Å². The number of amidine groups is 1. The summed E-state index contributed by atoms with van der Waals surface area (Å²) in [6, 6.07) is 20.3. The summed E-state index contributed by atoms with van der Waals surface area (Å²) in [7, 11) is 0. The van der Waals surface area contributed by atoms with Crippen LogP contribution in [0.15, 0.2) is 106 Å². The molecule has 8 nitrogen and oxygen atoms in total. The molecule has 0 aliphatic carbocycles. The Kier molecular flexibility index (Phi) is 8.07. The molecule has 1 atom stereocenters. The van der Waals surface area contributed by atoms with Crippen molar-refractivity contribution >= 4 is 28.8 Å². The van der Waals surface area contributed by atoms with E-state index in [0.717, 1.165) is 16.8 Å². The summed E-state index contributed by atoms with van der Waals surface area (Å²) in [5.41, 5.74) is 3.56. The second kappa shape index (κ2) is 12.0. The van der Waals surface area contributed by atoms with Crippen LogP contribution in [0.4, 0.5) is 0 Å². The number of para-hydroxylation sites is 1. The van der Waals surface area contributed by atoms with E-state index >= 15 is 0 Å². The molecular weight excluding hydrogens is 512 g/mol. The minimum Gasteiger partial charge on any atom is -0.463 e. The van der Waals surface area contributed by atoms with Gasteiger partial charge in [-0.05, 0) is 66.8 Å². The molecular formula is C30H28N4O4S. The normalized spacial score (nSPS) is 16.3. The maximum absolute atomic E-state index is 13.2. The van der Waals surface area contributed by atoms with E-state index in [1.54, 1.807) is 19.3 Å². The quantitative estimate of drug-likeness (QED) is 0.347. The monoisotopic (exact) mass is 540 g/mol. The number of nitrogens with zero attached hydrogens (tertiary/aromatic N) is 3.